The normalized spacial score (nSPS) is 21.4. The van der Waals surface area contributed by atoms with E-state index in [1.807, 2.05) is 62.4 Å². The van der Waals surface area contributed by atoms with E-state index in [4.69, 9.17) is 0 Å². The van der Waals surface area contributed by atoms with Gasteiger partial charge in [-0.3, -0.25) is 9.69 Å². The molecule has 0 fully saturated rings. The molecular weight excluding hydrogens is 250 g/mol. The van der Waals surface area contributed by atoms with Crippen molar-refractivity contribution in [2.75, 3.05) is 0 Å². The van der Waals surface area contributed by atoms with Gasteiger partial charge in [-0.2, -0.15) is 0 Å². The zero-order valence-electron chi connectivity index (χ0n) is 11.6. The van der Waals surface area contributed by atoms with Crippen LogP contribution in [0.4, 0.5) is 0 Å². The van der Waals surface area contributed by atoms with Gasteiger partial charge >= 0.3 is 0 Å². The molecule has 102 valence electrons. The Bertz CT molecular complexity index is 651. The Labute approximate surface area is 118 Å². The van der Waals surface area contributed by atoms with Crippen LogP contribution in [-0.2, 0) is 5.72 Å². The molecule has 2 aromatic rings. The number of carbonyl (C=O) groups excluding carboxylic acids is 1. The molecule has 1 aliphatic heterocycles. The zero-order valence-corrected chi connectivity index (χ0v) is 11.6. The van der Waals surface area contributed by atoms with Crippen molar-refractivity contribution < 1.29 is 9.90 Å². The van der Waals surface area contributed by atoms with Crippen molar-refractivity contribution in [2.45, 2.75) is 25.6 Å². The summed E-state index contributed by atoms with van der Waals surface area (Å²) in [6.07, 6.45) is 0. The summed E-state index contributed by atoms with van der Waals surface area (Å²) in [4.78, 5) is 14.1. The fourth-order valence-corrected chi connectivity index (χ4v) is 2.95. The van der Waals surface area contributed by atoms with Gasteiger partial charge in [0.2, 0.25) is 0 Å². The standard InChI is InChI=1S/C17H17NO2/c1-12(2)18-16(19)14-10-6-7-11-15(14)17(18,20)13-8-4-3-5-9-13/h3-12,20H,1-2H3/t17-/m0/s1. The van der Waals surface area contributed by atoms with Crippen molar-refractivity contribution in [1.82, 2.24) is 4.90 Å². The van der Waals surface area contributed by atoms with Crippen LogP contribution in [-0.4, -0.2) is 22.0 Å². The molecule has 0 spiro atoms. The summed E-state index contributed by atoms with van der Waals surface area (Å²) in [7, 11) is 0. The first-order valence-electron chi connectivity index (χ1n) is 6.78. The molecular formula is C17H17NO2. The molecule has 3 heteroatoms. The number of amides is 1. The maximum Gasteiger partial charge on any atom is 0.257 e. The number of rotatable bonds is 2. The van der Waals surface area contributed by atoms with Crippen LogP contribution in [0.5, 0.6) is 0 Å². The predicted octanol–water partition coefficient (Wildman–Crippen LogP) is 2.74. The van der Waals surface area contributed by atoms with Crippen molar-refractivity contribution in [3.05, 3.63) is 71.3 Å². The average molecular weight is 267 g/mol. The van der Waals surface area contributed by atoms with E-state index in [1.165, 1.54) is 0 Å². The van der Waals surface area contributed by atoms with Crippen LogP contribution in [0.3, 0.4) is 0 Å². The number of benzene rings is 2. The van der Waals surface area contributed by atoms with Crippen LogP contribution in [0.15, 0.2) is 54.6 Å². The summed E-state index contributed by atoms with van der Waals surface area (Å²) in [6.45, 7) is 3.83. The van der Waals surface area contributed by atoms with E-state index in [9.17, 15) is 9.90 Å². The molecule has 0 aromatic heterocycles. The van der Waals surface area contributed by atoms with Crippen LogP contribution in [0.25, 0.3) is 0 Å². The highest BCUT2D eigenvalue weighted by Gasteiger charge is 2.50. The van der Waals surface area contributed by atoms with Crippen LogP contribution in [0, 0.1) is 0 Å². The largest absolute Gasteiger partial charge is 0.363 e. The predicted molar refractivity (Wildman–Crippen MR) is 77.2 cm³/mol. The van der Waals surface area contributed by atoms with Crippen LogP contribution in [0.1, 0.15) is 35.3 Å². The second kappa shape index (κ2) is 4.46. The third kappa shape index (κ3) is 1.60. The molecule has 1 N–H and O–H groups in total. The Hall–Kier alpha value is -2.13. The molecule has 1 aliphatic rings. The van der Waals surface area contributed by atoms with Crippen LogP contribution >= 0.6 is 0 Å². The molecule has 0 aliphatic carbocycles. The van der Waals surface area contributed by atoms with Crippen LogP contribution < -0.4 is 0 Å². The van der Waals surface area contributed by atoms with E-state index in [0.717, 1.165) is 0 Å². The molecule has 0 radical (unpaired) electrons. The van der Waals surface area contributed by atoms with Gasteiger partial charge < -0.3 is 5.11 Å². The molecule has 1 atom stereocenters. The van der Waals surface area contributed by atoms with Crippen molar-refractivity contribution >= 4 is 5.91 Å². The van der Waals surface area contributed by atoms with Crippen LogP contribution in [0.2, 0.25) is 0 Å². The highest BCUT2D eigenvalue weighted by Crippen LogP contribution is 2.43. The molecule has 3 nitrogen and oxygen atoms in total. The fourth-order valence-electron chi connectivity index (χ4n) is 2.95. The third-order valence-electron chi connectivity index (χ3n) is 3.79. The van der Waals surface area contributed by atoms with E-state index in [0.29, 0.717) is 16.7 Å². The van der Waals surface area contributed by atoms with Gasteiger partial charge in [0, 0.05) is 22.7 Å². The number of hydrogen-bond acceptors (Lipinski definition) is 2. The summed E-state index contributed by atoms with van der Waals surface area (Å²) in [6, 6.07) is 16.5. The van der Waals surface area contributed by atoms with Gasteiger partial charge in [-0.15, -0.1) is 0 Å². The maximum atomic E-state index is 12.6. The molecule has 0 bridgehead atoms. The van der Waals surface area contributed by atoms with Gasteiger partial charge in [-0.1, -0.05) is 48.5 Å². The average Bonchev–Trinajstić information content (AvgIpc) is 2.70. The maximum absolute atomic E-state index is 12.6. The highest BCUT2D eigenvalue weighted by molar-refractivity contribution is 6.00. The van der Waals surface area contributed by atoms with Crippen molar-refractivity contribution in [3.63, 3.8) is 0 Å². The summed E-state index contributed by atoms with van der Waals surface area (Å²) < 4.78 is 0. The van der Waals surface area contributed by atoms with E-state index >= 15 is 0 Å². The zero-order chi connectivity index (χ0) is 14.3. The molecule has 3 rings (SSSR count). The molecule has 20 heavy (non-hydrogen) atoms. The van der Waals surface area contributed by atoms with Crippen molar-refractivity contribution in [3.8, 4) is 0 Å². The number of nitrogens with zero attached hydrogens (tertiary/aromatic N) is 1. The Morgan fingerprint density at radius 2 is 1.60 bits per heavy atom. The first kappa shape index (κ1) is 12.9. The Morgan fingerprint density at radius 1 is 1.00 bits per heavy atom. The quantitative estimate of drug-likeness (QED) is 0.909. The van der Waals surface area contributed by atoms with Gasteiger partial charge in [-0.25, -0.2) is 0 Å². The Kier molecular flexibility index (Phi) is 2.87. The van der Waals surface area contributed by atoms with Gasteiger partial charge in [0.05, 0.1) is 0 Å². The molecule has 2 aromatic carbocycles. The van der Waals surface area contributed by atoms with E-state index in [1.54, 1.807) is 11.0 Å². The van der Waals surface area contributed by atoms with Crippen molar-refractivity contribution in [1.29, 1.82) is 0 Å². The van der Waals surface area contributed by atoms with Crippen molar-refractivity contribution in [2.24, 2.45) is 0 Å². The minimum Gasteiger partial charge on any atom is -0.363 e. The van der Waals surface area contributed by atoms with E-state index in [2.05, 4.69) is 0 Å². The summed E-state index contributed by atoms with van der Waals surface area (Å²) >= 11 is 0. The van der Waals surface area contributed by atoms with Gasteiger partial charge in [0.15, 0.2) is 5.72 Å². The smallest absolute Gasteiger partial charge is 0.257 e. The fraction of sp³-hybridized carbons (Fsp3) is 0.235. The summed E-state index contributed by atoms with van der Waals surface area (Å²) in [5.74, 6) is -0.123. The minimum absolute atomic E-state index is 0.0971. The topological polar surface area (TPSA) is 40.5 Å². The molecule has 0 saturated heterocycles. The number of aliphatic hydroxyl groups is 1. The molecule has 1 amide bonds. The Morgan fingerprint density at radius 3 is 2.25 bits per heavy atom. The van der Waals surface area contributed by atoms with Gasteiger partial charge in [0.1, 0.15) is 0 Å². The number of fused-ring (bicyclic) bond motifs is 1. The first-order valence-corrected chi connectivity index (χ1v) is 6.78. The minimum atomic E-state index is -1.39. The van der Waals surface area contributed by atoms with Gasteiger partial charge in [-0.05, 0) is 19.9 Å². The lowest BCUT2D eigenvalue weighted by molar-refractivity contribution is -0.0637. The Balaban J connectivity index is 2.28. The lowest BCUT2D eigenvalue weighted by Gasteiger charge is -2.37. The van der Waals surface area contributed by atoms with Gasteiger partial charge in [0.25, 0.3) is 5.91 Å². The third-order valence-corrected chi connectivity index (χ3v) is 3.79. The molecule has 1 heterocycles. The number of carbonyl (C=O) groups is 1. The second-order valence-electron chi connectivity index (χ2n) is 5.35. The lowest BCUT2D eigenvalue weighted by Crippen LogP contribution is -2.48. The lowest BCUT2D eigenvalue weighted by atomic mass is 9.93. The van der Waals surface area contributed by atoms with E-state index in [-0.39, 0.29) is 11.9 Å². The SMILES string of the molecule is CC(C)N1C(=O)c2ccccc2[C@@]1(O)c1ccccc1. The molecule has 0 unspecified atom stereocenters. The first-order chi connectivity index (χ1) is 9.56. The highest BCUT2D eigenvalue weighted by atomic mass is 16.3. The molecule has 0 saturated carbocycles. The number of hydrogen-bond donors (Lipinski definition) is 1. The monoisotopic (exact) mass is 267 g/mol. The van der Waals surface area contributed by atoms with E-state index < -0.39 is 5.72 Å². The second-order valence-corrected chi connectivity index (χ2v) is 5.35. The summed E-state index contributed by atoms with van der Waals surface area (Å²) in [5.41, 5.74) is 0.563. The summed E-state index contributed by atoms with van der Waals surface area (Å²) in [5, 5.41) is 11.3.